The molecule has 3 fully saturated rings. The Bertz CT molecular complexity index is 1860. The Hall–Kier alpha value is -4.10. The number of ether oxygens (including phenoxy) is 2. The van der Waals surface area contributed by atoms with Gasteiger partial charge in [-0.2, -0.15) is 0 Å². The minimum absolute atomic E-state index is 0.0676. The summed E-state index contributed by atoms with van der Waals surface area (Å²) in [6, 6.07) is 10.4. The first-order valence-electron chi connectivity index (χ1n) is 18.4. The molecule has 12 nitrogen and oxygen atoms in total. The van der Waals surface area contributed by atoms with E-state index in [4.69, 9.17) is 21.1 Å². The Morgan fingerprint density at radius 3 is 2.46 bits per heavy atom. The molecule has 7 rings (SSSR count). The molecular formula is C38H45ClN4O8S. The molecule has 2 aromatic carbocycles. The lowest BCUT2D eigenvalue weighted by Crippen LogP contribution is -2.61. The van der Waals surface area contributed by atoms with Crippen molar-refractivity contribution in [2.75, 3.05) is 0 Å². The molecule has 0 radical (unpaired) electrons. The third-order valence-electron chi connectivity index (χ3n) is 10.8. The molecule has 2 heterocycles. The minimum atomic E-state index is -3.88. The lowest BCUT2D eigenvalue weighted by Gasteiger charge is -2.39. The summed E-state index contributed by atoms with van der Waals surface area (Å²) in [5.74, 6) is -1.14. The first kappa shape index (κ1) is 36.3. The van der Waals surface area contributed by atoms with Gasteiger partial charge >= 0.3 is 6.09 Å². The van der Waals surface area contributed by atoms with E-state index in [1.54, 1.807) is 30.3 Å². The van der Waals surface area contributed by atoms with Crippen molar-refractivity contribution in [3.05, 3.63) is 70.8 Å². The molecule has 14 heteroatoms. The van der Waals surface area contributed by atoms with E-state index in [0.717, 1.165) is 49.7 Å². The number of benzene rings is 2. The van der Waals surface area contributed by atoms with Crippen LogP contribution in [0.15, 0.2) is 54.6 Å². The summed E-state index contributed by atoms with van der Waals surface area (Å²) in [7, 11) is -3.88. The summed E-state index contributed by atoms with van der Waals surface area (Å²) in [6.07, 6.45) is 11.2. The van der Waals surface area contributed by atoms with Gasteiger partial charge in [0, 0.05) is 23.9 Å². The maximum Gasteiger partial charge on any atom is 0.408 e. The van der Waals surface area contributed by atoms with Crippen molar-refractivity contribution in [2.24, 2.45) is 5.92 Å². The summed E-state index contributed by atoms with van der Waals surface area (Å²) in [4.78, 5) is 57.3. The van der Waals surface area contributed by atoms with Crippen LogP contribution in [0.5, 0.6) is 11.5 Å². The predicted molar refractivity (Wildman–Crippen MR) is 193 cm³/mol. The van der Waals surface area contributed by atoms with E-state index in [0.29, 0.717) is 48.6 Å². The Morgan fingerprint density at radius 2 is 1.69 bits per heavy atom. The van der Waals surface area contributed by atoms with Gasteiger partial charge in [0.2, 0.25) is 21.8 Å². The largest absolute Gasteiger partial charge is 0.457 e. The minimum Gasteiger partial charge on any atom is -0.457 e. The van der Waals surface area contributed by atoms with Crippen LogP contribution >= 0.6 is 11.6 Å². The first-order valence-corrected chi connectivity index (χ1v) is 20.3. The van der Waals surface area contributed by atoms with Crippen molar-refractivity contribution >= 4 is 45.4 Å². The van der Waals surface area contributed by atoms with Crippen molar-refractivity contribution in [1.82, 2.24) is 20.3 Å². The van der Waals surface area contributed by atoms with Gasteiger partial charge in [-0.25, -0.2) is 13.2 Å². The fraction of sp³-hybridized carbons (Fsp3) is 0.526. The zero-order chi connectivity index (χ0) is 36.5. The lowest BCUT2D eigenvalue weighted by molar-refractivity contribution is -0.144. The number of hydrogen-bond donors (Lipinski definition) is 3. The number of sulfonamides is 1. The van der Waals surface area contributed by atoms with Crippen molar-refractivity contribution in [3.63, 3.8) is 0 Å². The maximum absolute atomic E-state index is 14.5. The second-order valence-electron chi connectivity index (χ2n) is 14.7. The quantitative estimate of drug-likeness (QED) is 0.316. The first-order chi connectivity index (χ1) is 25.0. The van der Waals surface area contributed by atoms with E-state index in [1.807, 2.05) is 24.3 Å². The molecule has 2 aromatic rings. The number of allylic oxidation sites excluding steroid dienone is 1. The molecule has 3 aliphatic carbocycles. The third kappa shape index (κ3) is 8.25. The number of carbonyl (C=O) groups is 4. The zero-order valence-electron chi connectivity index (χ0n) is 29.0. The topological polar surface area (TPSA) is 160 Å². The summed E-state index contributed by atoms with van der Waals surface area (Å²) in [5.41, 5.74) is 0.0930. The van der Waals surface area contributed by atoms with Crippen LogP contribution in [0.1, 0.15) is 88.2 Å². The molecule has 278 valence electrons. The second kappa shape index (κ2) is 15.1. The Labute approximate surface area is 309 Å². The van der Waals surface area contributed by atoms with Gasteiger partial charge in [0.1, 0.15) is 35.2 Å². The number of carbonyl (C=O) groups excluding carboxylic acids is 4. The van der Waals surface area contributed by atoms with Gasteiger partial charge in [-0.1, -0.05) is 48.7 Å². The van der Waals surface area contributed by atoms with Crippen molar-refractivity contribution in [1.29, 1.82) is 0 Å². The van der Waals surface area contributed by atoms with Crippen LogP contribution in [0, 0.1) is 5.92 Å². The van der Waals surface area contributed by atoms with Gasteiger partial charge in [0.25, 0.3) is 5.91 Å². The summed E-state index contributed by atoms with van der Waals surface area (Å²) >= 11 is 6.16. The third-order valence-corrected chi connectivity index (χ3v) is 12.8. The van der Waals surface area contributed by atoms with E-state index in [1.165, 1.54) is 4.90 Å². The van der Waals surface area contributed by atoms with Crippen LogP contribution in [0.3, 0.4) is 0 Å². The molecule has 0 spiro atoms. The number of nitrogens with zero attached hydrogens (tertiary/aromatic N) is 1. The van der Waals surface area contributed by atoms with Crippen LogP contribution in [0.4, 0.5) is 4.79 Å². The number of alkyl carbamates (subject to hydrolysis) is 1. The summed E-state index contributed by atoms with van der Waals surface area (Å²) in [6.45, 7) is 0.0676. The van der Waals surface area contributed by atoms with Crippen molar-refractivity contribution < 1.29 is 37.1 Å². The number of halogens is 1. The number of hydrogen-bond acceptors (Lipinski definition) is 8. The molecule has 4 amide bonds. The van der Waals surface area contributed by atoms with Gasteiger partial charge in [0.15, 0.2) is 0 Å². The highest BCUT2D eigenvalue weighted by Gasteiger charge is 2.62. The Kier molecular flexibility index (Phi) is 10.5. The normalized spacial score (nSPS) is 26.8. The van der Waals surface area contributed by atoms with Gasteiger partial charge < -0.3 is 25.0 Å². The van der Waals surface area contributed by atoms with Gasteiger partial charge in [-0.15, -0.1) is 0 Å². The lowest BCUT2D eigenvalue weighted by atomic mass is 9.91. The molecule has 0 aromatic heterocycles. The number of fused-ring (bicyclic) bond motifs is 3. The SMILES string of the molecule is O=C(N[C@H]1CCCCCC=C[C@@H]2C[C@@]2(C(=O)NS(=O)(=O)C2CC2)NC(=O)C2Cc3cc(Oc4cccc(Cl)c4)ccc3CN2C1=O)OC1CCCC1. The molecular weight excluding hydrogens is 708 g/mol. The molecule has 2 aliphatic heterocycles. The van der Waals surface area contributed by atoms with Crippen LogP contribution in [0.2, 0.25) is 5.02 Å². The standard InChI is InChI=1S/C38H45ClN4O8S/c39-27-10-8-13-29(21-27)50-30-16-15-24-23-43-33(20-25(24)19-30)34(44)41-38(36(46)42-52(48,49)31-17-18-31)22-26(38)9-4-2-1-3-5-14-32(35(43)45)40-37(47)51-28-11-6-7-12-28/h4,8-10,13,15-16,19,21,26,28,31-33H,1-3,5-7,11-12,14,17-18,20,22-23H2,(H,40,47)(H,41,44)(H,42,46)/t26-,32+,33?,38-/m1/s1. The smallest absolute Gasteiger partial charge is 0.408 e. The van der Waals surface area contributed by atoms with E-state index in [9.17, 15) is 27.6 Å². The highest BCUT2D eigenvalue weighted by Crippen LogP contribution is 2.46. The molecule has 0 saturated heterocycles. The van der Waals surface area contributed by atoms with E-state index >= 15 is 0 Å². The molecule has 3 N–H and O–H groups in total. The maximum atomic E-state index is 14.5. The van der Waals surface area contributed by atoms with Gasteiger partial charge in [-0.05, 0) is 106 Å². The number of amides is 4. The molecule has 52 heavy (non-hydrogen) atoms. The second-order valence-corrected chi connectivity index (χ2v) is 17.1. The number of nitrogens with one attached hydrogen (secondary N) is 3. The van der Waals surface area contributed by atoms with Gasteiger partial charge in [-0.3, -0.25) is 19.1 Å². The van der Waals surface area contributed by atoms with Gasteiger partial charge in [0.05, 0.1) is 5.25 Å². The fourth-order valence-electron chi connectivity index (χ4n) is 7.56. The monoisotopic (exact) mass is 752 g/mol. The van der Waals surface area contributed by atoms with E-state index in [2.05, 4.69) is 15.4 Å². The van der Waals surface area contributed by atoms with E-state index < -0.39 is 62.6 Å². The summed E-state index contributed by atoms with van der Waals surface area (Å²) < 4.78 is 39.6. The van der Waals surface area contributed by atoms with Crippen molar-refractivity contribution in [2.45, 2.75) is 119 Å². The van der Waals surface area contributed by atoms with Crippen LogP contribution in [-0.4, -0.2) is 66.1 Å². The number of rotatable bonds is 7. The highest BCUT2D eigenvalue weighted by atomic mass is 35.5. The zero-order valence-corrected chi connectivity index (χ0v) is 30.6. The van der Waals surface area contributed by atoms with Crippen LogP contribution < -0.4 is 20.1 Å². The average molecular weight is 753 g/mol. The molecule has 4 atom stereocenters. The summed E-state index contributed by atoms with van der Waals surface area (Å²) in [5, 5.41) is 5.64. The Morgan fingerprint density at radius 1 is 0.923 bits per heavy atom. The van der Waals surface area contributed by atoms with E-state index in [-0.39, 0.29) is 25.5 Å². The average Bonchev–Trinajstić information content (AvgIpc) is 4.03. The molecule has 0 bridgehead atoms. The molecule has 5 aliphatic rings. The fourth-order valence-corrected chi connectivity index (χ4v) is 9.11. The predicted octanol–water partition coefficient (Wildman–Crippen LogP) is 5.43. The molecule has 3 saturated carbocycles. The van der Waals surface area contributed by atoms with Crippen molar-refractivity contribution in [3.8, 4) is 11.5 Å². The van der Waals surface area contributed by atoms with Crippen LogP contribution in [-0.2, 0) is 42.1 Å². The van der Waals surface area contributed by atoms with Crippen LogP contribution in [0.25, 0.3) is 0 Å². The molecule has 1 unspecified atom stereocenters. The highest BCUT2D eigenvalue weighted by molar-refractivity contribution is 7.91. The Balaban J connectivity index is 1.19.